The predicted octanol–water partition coefficient (Wildman–Crippen LogP) is 3.73. The van der Waals surface area contributed by atoms with Gasteiger partial charge in [0, 0.05) is 22.8 Å². The molecule has 0 saturated heterocycles. The summed E-state index contributed by atoms with van der Waals surface area (Å²) >= 11 is 0. The Hall–Kier alpha value is -4.48. The van der Waals surface area contributed by atoms with Gasteiger partial charge in [-0.1, -0.05) is 12.1 Å². The number of amides is 1. The summed E-state index contributed by atoms with van der Waals surface area (Å²) in [6.07, 6.45) is 0.374. The first-order valence-electron chi connectivity index (χ1n) is 11.4. The minimum absolute atomic E-state index is 0.428. The first-order chi connectivity index (χ1) is 17.5. The Morgan fingerprint density at radius 3 is 2.62 bits per heavy atom. The van der Waals surface area contributed by atoms with Gasteiger partial charge in [-0.05, 0) is 44.0 Å². The third kappa shape index (κ3) is 4.34. The van der Waals surface area contributed by atoms with Crippen LogP contribution in [0.15, 0.2) is 47.7 Å². The van der Waals surface area contributed by atoms with Crippen molar-refractivity contribution in [1.82, 2.24) is 34.6 Å². The Kier molecular flexibility index (Phi) is 5.81. The van der Waals surface area contributed by atoms with Gasteiger partial charge in [-0.25, -0.2) is 4.79 Å². The van der Waals surface area contributed by atoms with Gasteiger partial charge < -0.3 is 5.32 Å². The number of hydrogen-bond donors (Lipinski definition) is 2. The second-order valence-electron chi connectivity index (χ2n) is 8.83. The number of para-hydroxylation sites is 1. The van der Waals surface area contributed by atoms with Gasteiger partial charge in [0.1, 0.15) is 18.6 Å². The van der Waals surface area contributed by atoms with E-state index < -0.39 is 30.9 Å². The molecule has 1 amide bonds. The van der Waals surface area contributed by atoms with E-state index in [0.717, 1.165) is 32.3 Å². The molecule has 190 valence electrons. The molecule has 1 aromatic carbocycles. The number of benzene rings is 1. The average molecular weight is 509 g/mol. The zero-order valence-corrected chi connectivity index (χ0v) is 20.1. The summed E-state index contributed by atoms with van der Waals surface area (Å²) in [6, 6.07) is 6.99. The van der Waals surface area contributed by atoms with Crippen LogP contribution in [-0.4, -0.2) is 47.9 Å². The number of pyridine rings is 2. The highest BCUT2D eigenvalue weighted by Crippen LogP contribution is 2.31. The quantitative estimate of drug-likeness (QED) is 0.375. The molecule has 0 spiro atoms. The summed E-state index contributed by atoms with van der Waals surface area (Å²) in [5.41, 5.74) is 5.45. The van der Waals surface area contributed by atoms with Crippen molar-refractivity contribution in [3.05, 3.63) is 70.2 Å². The van der Waals surface area contributed by atoms with Crippen LogP contribution < -0.4 is 11.0 Å². The number of hydrogen-bond acceptors (Lipinski definition) is 5. The van der Waals surface area contributed by atoms with Gasteiger partial charge in [-0.2, -0.15) is 18.3 Å². The largest absolute Gasteiger partial charge is 0.405 e. The second-order valence-corrected chi connectivity index (χ2v) is 8.83. The van der Waals surface area contributed by atoms with Crippen LogP contribution in [0.3, 0.4) is 0 Å². The van der Waals surface area contributed by atoms with Crippen molar-refractivity contribution in [3.8, 4) is 16.9 Å². The zero-order valence-electron chi connectivity index (χ0n) is 20.1. The van der Waals surface area contributed by atoms with E-state index >= 15 is 0 Å². The highest BCUT2D eigenvalue weighted by atomic mass is 19.4. The molecule has 0 aliphatic carbocycles. The number of fused-ring (bicyclic) bond motifs is 2. The molecule has 5 rings (SSSR count). The molecule has 12 heteroatoms. The van der Waals surface area contributed by atoms with E-state index in [4.69, 9.17) is 0 Å². The molecule has 5 aromatic rings. The SMILES string of the molecule is Cc1cc(-n2c(=O)n(CC(=O)NCC(F)(F)F)c3cccc(C)c32)cnc1-c1cncc2n[nH]c(C)c12. The maximum atomic E-state index is 13.5. The van der Waals surface area contributed by atoms with Crippen LogP contribution in [0.5, 0.6) is 0 Å². The number of nitrogens with one attached hydrogen (secondary N) is 2. The summed E-state index contributed by atoms with van der Waals surface area (Å²) in [5, 5.41) is 9.92. The fraction of sp³-hybridized carbons (Fsp3) is 0.240. The van der Waals surface area contributed by atoms with Crippen LogP contribution in [0, 0.1) is 20.8 Å². The standard InChI is InChI=1S/C25H22F3N7O2/c1-13-5-4-6-19-23(13)35(24(37)34(19)11-20(36)31-12-25(26,27)28)16-7-14(2)22(30-8-16)17-9-29-10-18-21(17)15(3)32-33-18/h4-10H,11-12H2,1-3H3,(H,31,36)(H,32,33). The van der Waals surface area contributed by atoms with Gasteiger partial charge in [-0.15, -0.1) is 0 Å². The number of nitrogens with zero attached hydrogens (tertiary/aromatic N) is 5. The monoisotopic (exact) mass is 509 g/mol. The molecule has 2 N–H and O–H groups in total. The van der Waals surface area contributed by atoms with Crippen molar-refractivity contribution in [1.29, 1.82) is 0 Å². The number of alkyl halides is 3. The third-order valence-electron chi connectivity index (χ3n) is 6.16. The van der Waals surface area contributed by atoms with Crippen LogP contribution in [0.2, 0.25) is 0 Å². The molecule has 4 aromatic heterocycles. The van der Waals surface area contributed by atoms with E-state index in [0.29, 0.717) is 27.9 Å². The average Bonchev–Trinajstić information content (AvgIpc) is 3.36. The molecular weight excluding hydrogens is 487 g/mol. The Bertz CT molecular complexity index is 1730. The van der Waals surface area contributed by atoms with Gasteiger partial charge in [0.15, 0.2) is 0 Å². The molecule has 37 heavy (non-hydrogen) atoms. The van der Waals surface area contributed by atoms with E-state index in [1.54, 1.807) is 36.8 Å². The molecule has 0 unspecified atom stereocenters. The fourth-order valence-corrected chi connectivity index (χ4v) is 4.53. The van der Waals surface area contributed by atoms with Crippen LogP contribution >= 0.6 is 0 Å². The maximum absolute atomic E-state index is 13.5. The number of aromatic amines is 1. The van der Waals surface area contributed by atoms with Gasteiger partial charge in [0.25, 0.3) is 0 Å². The number of halogens is 3. The lowest BCUT2D eigenvalue weighted by atomic mass is 10.0. The number of H-pyrrole nitrogens is 1. The summed E-state index contributed by atoms with van der Waals surface area (Å²) < 4.78 is 40.2. The molecule has 4 heterocycles. The van der Waals surface area contributed by atoms with Crippen molar-refractivity contribution in [2.75, 3.05) is 6.54 Å². The number of rotatable bonds is 5. The van der Waals surface area contributed by atoms with E-state index in [2.05, 4.69) is 20.2 Å². The minimum atomic E-state index is -4.55. The number of carbonyl (C=O) groups excluding carboxylic acids is 1. The molecule has 9 nitrogen and oxygen atoms in total. The normalized spacial score (nSPS) is 11.9. The number of aryl methyl sites for hydroxylation is 3. The molecular formula is C25H22F3N7O2. The van der Waals surface area contributed by atoms with E-state index in [9.17, 15) is 22.8 Å². The maximum Gasteiger partial charge on any atom is 0.405 e. The smallest absolute Gasteiger partial charge is 0.345 e. The van der Waals surface area contributed by atoms with Crippen LogP contribution in [-0.2, 0) is 11.3 Å². The van der Waals surface area contributed by atoms with Gasteiger partial charge in [-0.3, -0.25) is 29.0 Å². The Balaban J connectivity index is 1.61. The molecule has 0 radical (unpaired) electrons. The summed E-state index contributed by atoms with van der Waals surface area (Å²) in [4.78, 5) is 34.7. The van der Waals surface area contributed by atoms with Gasteiger partial charge in [0.05, 0.1) is 34.8 Å². The number of imidazole rings is 1. The third-order valence-corrected chi connectivity index (χ3v) is 6.16. The van der Waals surface area contributed by atoms with Gasteiger partial charge >= 0.3 is 11.9 Å². The van der Waals surface area contributed by atoms with E-state index in [1.165, 1.54) is 4.57 Å². The first kappa shape index (κ1) is 24.2. The fourth-order valence-electron chi connectivity index (χ4n) is 4.53. The lowest BCUT2D eigenvalue weighted by Crippen LogP contribution is -2.37. The molecule has 0 fully saturated rings. The predicted molar refractivity (Wildman–Crippen MR) is 131 cm³/mol. The Morgan fingerprint density at radius 1 is 1.11 bits per heavy atom. The van der Waals surface area contributed by atoms with E-state index in [-0.39, 0.29) is 0 Å². The molecule has 0 saturated carbocycles. The summed E-state index contributed by atoms with van der Waals surface area (Å²) in [6.45, 7) is 3.56. The first-order valence-corrected chi connectivity index (χ1v) is 11.4. The number of aromatic nitrogens is 6. The van der Waals surface area contributed by atoms with Crippen molar-refractivity contribution < 1.29 is 18.0 Å². The lowest BCUT2D eigenvalue weighted by molar-refractivity contribution is -0.138. The molecule has 0 bridgehead atoms. The van der Waals surface area contributed by atoms with Crippen molar-refractivity contribution >= 4 is 27.8 Å². The second kappa shape index (κ2) is 8.87. The van der Waals surface area contributed by atoms with Crippen molar-refractivity contribution in [2.24, 2.45) is 0 Å². The summed E-state index contributed by atoms with van der Waals surface area (Å²) in [7, 11) is 0. The molecule has 0 aliphatic rings. The van der Waals surface area contributed by atoms with Crippen molar-refractivity contribution in [2.45, 2.75) is 33.5 Å². The van der Waals surface area contributed by atoms with Crippen LogP contribution in [0.1, 0.15) is 16.8 Å². The Morgan fingerprint density at radius 2 is 1.89 bits per heavy atom. The highest BCUT2D eigenvalue weighted by Gasteiger charge is 2.28. The Labute approximate surface area is 208 Å². The van der Waals surface area contributed by atoms with E-state index in [1.807, 2.05) is 32.2 Å². The number of carbonyl (C=O) groups is 1. The van der Waals surface area contributed by atoms with Crippen LogP contribution in [0.4, 0.5) is 13.2 Å². The van der Waals surface area contributed by atoms with Crippen LogP contribution in [0.25, 0.3) is 38.9 Å². The van der Waals surface area contributed by atoms with Gasteiger partial charge in [0.2, 0.25) is 5.91 Å². The highest BCUT2D eigenvalue weighted by molar-refractivity contribution is 5.95. The minimum Gasteiger partial charge on any atom is -0.345 e. The topological polar surface area (TPSA) is 110 Å². The zero-order chi connectivity index (χ0) is 26.5. The van der Waals surface area contributed by atoms with Crippen molar-refractivity contribution in [3.63, 3.8) is 0 Å². The summed E-state index contributed by atoms with van der Waals surface area (Å²) in [5.74, 6) is -0.916. The lowest BCUT2D eigenvalue weighted by Gasteiger charge is -2.10. The molecule has 0 atom stereocenters. The molecule has 0 aliphatic heterocycles.